The van der Waals surface area contributed by atoms with Crippen molar-refractivity contribution in [1.29, 1.82) is 0 Å². The molecule has 0 aliphatic rings. The van der Waals surface area contributed by atoms with E-state index in [1.807, 2.05) is 24.3 Å². The van der Waals surface area contributed by atoms with Crippen LogP contribution in [0, 0.1) is 0 Å². The zero-order valence-electron chi connectivity index (χ0n) is 11.9. The van der Waals surface area contributed by atoms with Crippen LogP contribution in [-0.2, 0) is 4.79 Å². The fourth-order valence-electron chi connectivity index (χ4n) is 2.26. The van der Waals surface area contributed by atoms with Crippen LogP contribution in [0.15, 0.2) is 30.5 Å². The van der Waals surface area contributed by atoms with E-state index in [2.05, 4.69) is 22.1 Å². The van der Waals surface area contributed by atoms with E-state index in [4.69, 9.17) is 5.73 Å². The number of amides is 1. The van der Waals surface area contributed by atoms with Gasteiger partial charge >= 0.3 is 0 Å². The lowest BCUT2D eigenvalue weighted by Crippen LogP contribution is -2.36. The zero-order chi connectivity index (χ0) is 14.5. The lowest BCUT2D eigenvalue weighted by molar-refractivity contribution is -0.119. The Balaban J connectivity index is 2.47. The first kappa shape index (κ1) is 14.1. The predicted octanol–water partition coefficient (Wildman–Crippen LogP) is 1.78. The number of likely N-dealkylation sites (N-methyl/N-ethyl adjacent to an activating group) is 1. The van der Waals surface area contributed by atoms with Gasteiger partial charge in [0.05, 0.1) is 17.7 Å². The molecule has 0 bridgehead atoms. The number of benzene rings is 1. The molecule has 1 heterocycles. The molecule has 2 aromatic rings. The van der Waals surface area contributed by atoms with Crippen LogP contribution >= 0.6 is 0 Å². The van der Waals surface area contributed by atoms with Gasteiger partial charge in [-0.05, 0) is 30.7 Å². The Bertz CT molecular complexity index is 612. The number of aromatic nitrogens is 1. The molecule has 5 heteroatoms. The number of nitrogens with zero attached hydrogens (tertiary/aromatic N) is 2. The van der Waals surface area contributed by atoms with Crippen molar-refractivity contribution in [2.75, 3.05) is 30.8 Å². The minimum Gasteiger partial charge on any atom is -0.397 e. The second-order valence-corrected chi connectivity index (χ2v) is 4.67. The quantitative estimate of drug-likeness (QED) is 0.814. The number of fused-ring (bicyclic) bond motifs is 1. The van der Waals surface area contributed by atoms with Crippen molar-refractivity contribution in [2.24, 2.45) is 0 Å². The number of carbonyl (C=O) groups is 1. The van der Waals surface area contributed by atoms with Crippen molar-refractivity contribution >= 4 is 28.2 Å². The van der Waals surface area contributed by atoms with Crippen molar-refractivity contribution in [3.05, 3.63) is 30.5 Å². The Morgan fingerprint density at radius 1 is 1.40 bits per heavy atom. The van der Waals surface area contributed by atoms with Crippen LogP contribution in [0.4, 0.5) is 11.4 Å². The van der Waals surface area contributed by atoms with Crippen LogP contribution in [0.5, 0.6) is 0 Å². The Morgan fingerprint density at radius 2 is 2.20 bits per heavy atom. The summed E-state index contributed by atoms with van der Waals surface area (Å²) in [5.41, 5.74) is 8.39. The summed E-state index contributed by atoms with van der Waals surface area (Å²) < 4.78 is 0. The molecule has 0 saturated carbocycles. The molecule has 1 aromatic heterocycles. The second-order valence-electron chi connectivity index (χ2n) is 4.67. The van der Waals surface area contributed by atoms with Gasteiger partial charge in [-0.15, -0.1) is 0 Å². The summed E-state index contributed by atoms with van der Waals surface area (Å²) in [5, 5.41) is 3.64. The lowest BCUT2D eigenvalue weighted by atomic mass is 10.1. The maximum atomic E-state index is 11.7. The van der Waals surface area contributed by atoms with Gasteiger partial charge in [0.2, 0.25) is 5.91 Å². The minimum absolute atomic E-state index is 0.00712. The number of nitrogens with two attached hydrogens (primary N) is 1. The SMILES string of the molecule is CCCN(CC(=O)NC)c1ccc(N)c2ncccc12. The third kappa shape index (κ3) is 2.82. The molecule has 0 aliphatic carbocycles. The molecule has 0 aliphatic heterocycles. The number of pyridine rings is 1. The van der Waals surface area contributed by atoms with Crippen molar-refractivity contribution in [1.82, 2.24) is 10.3 Å². The molecule has 0 spiro atoms. The molecule has 2 rings (SSSR count). The monoisotopic (exact) mass is 272 g/mol. The van der Waals surface area contributed by atoms with Crippen LogP contribution in [0.3, 0.4) is 0 Å². The van der Waals surface area contributed by atoms with E-state index in [0.717, 1.165) is 29.6 Å². The maximum absolute atomic E-state index is 11.7. The molecule has 0 atom stereocenters. The highest BCUT2D eigenvalue weighted by molar-refractivity contribution is 5.99. The van der Waals surface area contributed by atoms with Crippen LogP contribution in [0.25, 0.3) is 10.9 Å². The summed E-state index contributed by atoms with van der Waals surface area (Å²) in [4.78, 5) is 18.1. The fraction of sp³-hybridized carbons (Fsp3) is 0.333. The van der Waals surface area contributed by atoms with Gasteiger partial charge in [-0.3, -0.25) is 9.78 Å². The molecule has 0 saturated heterocycles. The first-order chi connectivity index (χ1) is 9.67. The molecule has 1 aromatic carbocycles. The van der Waals surface area contributed by atoms with E-state index in [-0.39, 0.29) is 5.91 Å². The van der Waals surface area contributed by atoms with Gasteiger partial charge in [0, 0.05) is 30.9 Å². The topological polar surface area (TPSA) is 71.2 Å². The molecule has 3 N–H and O–H groups in total. The van der Waals surface area contributed by atoms with Gasteiger partial charge in [-0.25, -0.2) is 0 Å². The molecular formula is C15H20N4O. The van der Waals surface area contributed by atoms with Gasteiger partial charge in [-0.1, -0.05) is 6.92 Å². The van der Waals surface area contributed by atoms with Crippen LogP contribution in [-0.4, -0.2) is 31.0 Å². The summed E-state index contributed by atoms with van der Waals surface area (Å²) in [6.07, 6.45) is 2.69. The van der Waals surface area contributed by atoms with Crippen molar-refractivity contribution in [2.45, 2.75) is 13.3 Å². The number of anilines is 2. The van der Waals surface area contributed by atoms with E-state index >= 15 is 0 Å². The molecule has 20 heavy (non-hydrogen) atoms. The smallest absolute Gasteiger partial charge is 0.239 e. The summed E-state index contributed by atoms with van der Waals surface area (Å²) in [6, 6.07) is 7.67. The Labute approximate surface area is 118 Å². The van der Waals surface area contributed by atoms with E-state index in [1.54, 1.807) is 13.2 Å². The largest absolute Gasteiger partial charge is 0.397 e. The Hall–Kier alpha value is -2.30. The number of rotatable bonds is 5. The normalized spacial score (nSPS) is 10.5. The average molecular weight is 272 g/mol. The van der Waals surface area contributed by atoms with Gasteiger partial charge in [0.25, 0.3) is 0 Å². The Morgan fingerprint density at radius 3 is 2.90 bits per heavy atom. The molecule has 0 radical (unpaired) electrons. The molecule has 0 unspecified atom stereocenters. The number of hydrogen-bond acceptors (Lipinski definition) is 4. The summed E-state index contributed by atoms with van der Waals surface area (Å²) in [5.74, 6) is -0.00712. The maximum Gasteiger partial charge on any atom is 0.239 e. The van der Waals surface area contributed by atoms with Gasteiger partial charge in [0.15, 0.2) is 0 Å². The van der Waals surface area contributed by atoms with Crippen molar-refractivity contribution in [3.63, 3.8) is 0 Å². The van der Waals surface area contributed by atoms with Crippen LogP contribution < -0.4 is 16.0 Å². The molecule has 1 amide bonds. The lowest BCUT2D eigenvalue weighted by Gasteiger charge is -2.25. The number of nitrogen functional groups attached to an aromatic ring is 1. The fourth-order valence-corrected chi connectivity index (χ4v) is 2.26. The highest BCUT2D eigenvalue weighted by Gasteiger charge is 2.14. The third-order valence-corrected chi connectivity index (χ3v) is 3.23. The number of nitrogens with one attached hydrogen (secondary N) is 1. The summed E-state index contributed by atoms with van der Waals surface area (Å²) in [6.45, 7) is 3.23. The van der Waals surface area contributed by atoms with E-state index in [0.29, 0.717) is 12.2 Å². The molecule has 0 fully saturated rings. The van der Waals surface area contributed by atoms with E-state index in [1.165, 1.54) is 0 Å². The predicted molar refractivity (Wildman–Crippen MR) is 82.7 cm³/mol. The van der Waals surface area contributed by atoms with Gasteiger partial charge in [0.1, 0.15) is 0 Å². The minimum atomic E-state index is -0.00712. The van der Waals surface area contributed by atoms with Crippen LogP contribution in [0.1, 0.15) is 13.3 Å². The number of hydrogen-bond donors (Lipinski definition) is 2. The average Bonchev–Trinajstić information content (AvgIpc) is 2.47. The zero-order valence-corrected chi connectivity index (χ0v) is 11.9. The van der Waals surface area contributed by atoms with Crippen LogP contribution in [0.2, 0.25) is 0 Å². The molecule has 5 nitrogen and oxygen atoms in total. The van der Waals surface area contributed by atoms with E-state index < -0.39 is 0 Å². The number of carbonyl (C=O) groups excluding carboxylic acids is 1. The van der Waals surface area contributed by atoms with E-state index in [9.17, 15) is 4.79 Å². The third-order valence-electron chi connectivity index (χ3n) is 3.23. The highest BCUT2D eigenvalue weighted by Crippen LogP contribution is 2.29. The van der Waals surface area contributed by atoms with Gasteiger partial charge < -0.3 is 16.0 Å². The van der Waals surface area contributed by atoms with Crippen molar-refractivity contribution < 1.29 is 4.79 Å². The first-order valence-electron chi connectivity index (χ1n) is 6.76. The highest BCUT2D eigenvalue weighted by atomic mass is 16.1. The van der Waals surface area contributed by atoms with Crippen molar-refractivity contribution in [3.8, 4) is 0 Å². The summed E-state index contributed by atoms with van der Waals surface area (Å²) >= 11 is 0. The Kier molecular flexibility index (Phi) is 4.40. The second kappa shape index (κ2) is 6.23. The first-order valence-corrected chi connectivity index (χ1v) is 6.76. The van der Waals surface area contributed by atoms with Gasteiger partial charge in [-0.2, -0.15) is 0 Å². The molecular weight excluding hydrogens is 252 g/mol. The molecule has 106 valence electrons. The standard InChI is InChI=1S/C15H20N4O/c1-3-9-19(10-14(20)17-2)13-7-6-12(16)15-11(13)5-4-8-18-15/h4-8H,3,9-10,16H2,1-2H3,(H,17,20). The summed E-state index contributed by atoms with van der Waals surface area (Å²) in [7, 11) is 1.65.